The van der Waals surface area contributed by atoms with Gasteiger partial charge in [0.25, 0.3) is 0 Å². The summed E-state index contributed by atoms with van der Waals surface area (Å²) in [6.07, 6.45) is 0. The maximum absolute atomic E-state index is 13.0. The number of halogens is 1. The Labute approximate surface area is 120 Å². The molecular formula is C13H16FN5S. The van der Waals surface area contributed by atoms with Crippen LogP contribution in [0.25, 0.3) is 0 Å². The Kier molecular flexibility index (Phi) is 4.41. The first-order valence-corrected chi connectivity index (χ1v) is 6.91. The molecule has 1 heterocycles. The van der Waals surface area contributed by atoms with Crippen LogP contribution in [0.2, 0.25) is 0 Å². The number of rotatable bonds is 4. The molecule has 7 heteroatoms. The van der Waals surface area contributed by atoms with Gasteiger partial charge in [-0.3, -0.25) is 0 Å². The molecule has 20 heavy (non-hydrogen) atoms. The lowest BCUT2D eigenvalue weighted by atomic mass is 10.1. The standard InChI is InChI=1S/C13H16FN5S/c1-7(15)12(8-2-4-9(14)5-3-8)20-13-18-10(16)6-11(17)19-13/h2-7,12H,15H2,1H3,(H4,16,17,18,19). The van der Waals surface area contributed by atoms with Crippen molar-refractivity contribution in [3.05, 3.63) is 41.7 Å². The van der Waals surface area contributed by atoms with Gasteiger partial charge >= 0.3 is 0 Å². The number of aromatic nitrogens is 2. The van der Waals surface area contributed by atoms with E-state index in [0.29, 0.717) is 16.8 Å². The summed E-state index contributed by atoms with van der Waals surface area (Å²) in [5.41, 5.74) is 18.2. The summed E-state index contributed by atoms with van der Waals surface area (Å²) in [6.45, 7) is 1.87. The highest BCUT2D eigenvalue weighted by atomic mass is 32.2. The van der Waals surface area contributed by atoms with Crippen molar-refractivity contribution in [3.8, 4) is 0 Å². The summed E-state index contributed by atoms with van der Waals surface area (Å²) in [5, 5.41) is 0.339. The molecule has 0 saturated heterocycles. The van der Waals surface area contributed by atoms with Crippen LogP contribution in [-0.2, 0) is 0 Å². The van der Waals surface area contributed by atoms with E-state index in [0.717, 1.165) is 5.56 Å². The number of hydrogen-bond donors (Lipinski definition) is 3. The highest BCUT2D eigenvalue weighted by Crippen LogP contribution is 2.35. The van der Waals surface area contributed by atoms with E-state index in [2.05, 4.69) is 9.97 Å². The maximum atomic E-state index is 13.0. The zero-order valence-corrected chi connectivity index (χ0v) is 11.8. The largest absolute Gasteiger partial charge is 0.383 e. The van der Waals surface area contributed by atoms with Gasteiger partial charge in [-0.15, -0.1) is 0 Å². The third-order valence-corrected chi connectivity index (χ3v) is 4.00. The fraction of sp³-hybridized carbons (Fsp3) is 0.231. The molecule has 0 amide bonds. The fourth-order valence-electron chi connectivity index (χ4n) is 1.76. The van der Waals surface area contributed by atoms with Crippen LogP contribution >= 0.6 is 11.8 Å². The molecule has 2 aromatic rings. The average molecular weight is 293 g/mol. The highest BCUT2D eigenvalue weighted by molar-refractivity contribution is 7.99. The van der Waals surface area contributed by atoms with Gasteiger partial charge in [0.2, 0.25) is 0 Å². The van der Waals surface area contributed by atoms with Gasteiger partial charge in [-0.05, 0) is 24.6 Å². The molecule has 1 aromatic carbocycles. The zero-order valence-electron chi connectivity index (χ0n) is 11.0. The van der Waals surface area contributed by atoms with Crippen molar-refractivity contribution < 1.29 is 4.39 Å². The van der Waals surface area contributed by atoms with E-state index in [1.165, 1.54) is 30.0 Å². The van der Waals surface area contributed by atoms with Crippen molar-refractivity contribution in [1.82, 2.24) is 9.97 Å². The predicted octanol–water partition coefficient (Wildman–Crippen LogP) is 1.96. The number of hydrogen-bond acceptors (Lipinski definition) is 6. The summed E-state index contributed by atoms with van der Waals surface area (Å²) in [5.74, 6) is 0.330. The minimum atomic E-state index is -0.286. The normalized spacial score (nSPS) is 13.9. The van der Waals surface area contributed by atoms with E-state index in [1.807, 2.05) is 6.92 Å². The molecule has 2 unspecified atom stereocenters. The third-order valence-electron chi connectivity index (χ3n) is 2.65. The minimum Gasteiger partial charge on any atom is -0.383 e. The number of nitrogens with two attached hydrogens (primary N) is 3. The van der Waals surface area contributed by atoms with Gasteiger partial charge in [-0.1, -0.05) is 23.9 Å². The lowest BCUT2D eigenvalue weighted by molar-refractivity contribution is 0.625. The fourth-order valence-corrected chi connectivity index (χ4v) is 2.81. The van der Waals surface area contributed by atoms with Crippen LogP contribution in [0.15, 0.2) is 35.5 Å². The second-order valence-electron chi connectivity index (χ2n) is 4.45. The van der Waals surface area contributed by atoms with Gasteiger partial charge in [-0.25, -0.2) is 14.4 Å². The Morgan fingerprint density at radius 1 is 1.10 bits per heavy atom. The SMILES string of the molecule is CC(N)C(Sc1nc(N)cc(N)n1)c1ccc(F)cc1. The average Bonchev–Trinajstić information content (AvgIpc) is 2.36. The van der Waals surface area contributed by atoms with Gasteiger partial charge in [0.15, 0.2) is 5.16 Å². The maximum Gasteiger partial charge on any atom is 0.192 e. The van der Waals surface area contributed by atoms with Gasteiger partial charge in [0.05, 0.1) is 5.25 Å². The second kappa shape index (κ2) is 6.06. The molecule has 0 fully saturated rings. The molecule has 1 aromatic heterocycles. The molecule has 0 saturated carbocycles. The summed E-state index contributed by atoms with van der Waals surface area (Å²) in [6, 6.07) is 7.53. The number of thioether (sulfide) groups is 1. The summed E-state index contributed by atoms with van der Waals surface area (Å²) in [7, 11) is 0. The van der Waals surface area contributed by atoms with Crippen LogP contribution in [0.1, 0.15) is 17.7 Å². The molecular weight excluding hydrogens is 277 g/mol. The smallest absolute Gasteiger partial charge is 0.192 e. The molecule has 5 nitrogen and oxygen atoms in total. The first kappa shape index (κ1) is 14.5. The van der Waals surface area contributed by atoms with Crippen LogP contribution in [0.3, 0.4) is 0 Å². The molecule has 0 spiro atoms. The van der Waals surface area contributed by atoms with E-state index in [-0.39, 0.29) is 17.1 Å². The molecule has 0 bridgehead atoms. The first-order chi connectivity index (χ1) is 9.45. The topological polar surface area (TPSA) is 104 Å². The summed E-state index contributed by atoms with van der Waals surface area (Å²) in [4.78, 5) is 8.24. The van der Waals surface area contributed by atoms with Crippen LogP contribution in [0.4, 0.5) is 16.0 Å². The molecule has 2 rings (SSSR count). The Hall–Kier alpha value is -1.86. The zero-order chi connectivity index (χ0) is 14.7. The monoisotopic (exact) mass is 293 g/mol. The van der Waals surface area contributed by atoms with Crippen molar-refractivity contribution in [1.29, 1.82) is 0 Å². The number of benzene rings is 1. The molecule has 106 valence electrons. The van der Waals surface area contributed by atoms with Gasteiger partial charge < -0.3 is 17.2 Å². The lowest BCUT2D eigenvalue weighted by Gasteiger charge is -2.20. The van der Waals surface area contributed by atoms with E-state index in [1.54, 1.807) is 12.1 Å². The lowest BCUT2D eigenvalue weighted by Crippen LogP contribution is -2.23. The quantitative estimate of drug-likeness (QED) is 0.588. The molecule has 0 radical (unpaired) electrons. The number of nitrogens with zero attached hydrogens (tertiary/aromatic N) is 2. The molecule has 6 N–H and O–H groups in total. The van der Waals surface area contributed by atoms with Crippen LogP contribution in [0, 0.1) is 5.82 Å². The van der Waals surface area contributed by atoms with Gasteiger partial charge in [0.1, 0.15) is 17.5 Å². The van der Waals surface area contributed by atoms with Crippen LogP contribution < -0.4 is 17.2 Å². The molecule has 0 aliphatic rings. The van der Waals surface area contributed by atoms with Crippen molar-refractivity contribution >= 4 is 23.4 Å². The second-order valence-corrected chi connectivity index (χ2v) is 5.56. The number of nitrogen functional groups attached to an aromatic ring is 2. The van der Waals surface area contributed by atoms with E-state index >= 15 is 0 Å². The first-order valence-electron chi connectivity index (χ1n) is 6.03. The minimum absolute atomic E-state index is 0.114. The Morgan fingerprint density at radius 2 is 1.65 bits per heavy atom. The summed E-state index contributed by atoms with van der Waals surface area (Å²) < 4.78 is 13.0. The van der Waals surface area contributed by atoms with Gasteiger partial charge in [0, 0.05) is 12.1 Å². The number of anilines is 2. The van der Waals surface area contributed by atoms with Gasteiger partial charge in [-0.2, -0.15) is 0 Å². The molecule has 0 aliphatic heterocycles. The van der Waals surface area contributed by atoms with Crippen molar-refractivity contribution in [2.24, 2.45) is 5.73 Å². The Balaban J connectivity index is 2.27. The van der Waals surface area contributed by atoms with Crippen molar-refractivity contribution in [2.75, 3.05) is 11.5 Å². The van der Waals surface area contributed by atoms with E-state index in [9.17, 15) is 4.39 Å². The predicted molar refractivity (Wildman–Crippen MR) is 79.5 cm³/mol. The van der Waals surface area contributed by atoms with Crippen LogP contribution in [-0.4, -0.2) is 16.0 Å². The van der Waals surface area contributed by atoms with E-state index in [4.69, 9.17) is 17.2 Å². The van der Waals surface area contributed by atoms with Crippen molar-refractivity contribution in [3.63, 3.8) is 0 Å². The Bertz CT molecular complexity index is 568. The highest BCUT2D eigenvalue weighted by Gasteiger charge is 2.19. The Morgan fingerprint density at radius 3 is 2.15 bits per heavy atom. The molecule has 2 atom stereocenters. The third kappa shape index (κ3) is 3.58. The van der Waals surface area contributed by atoms with Crippen molar-refractivity contribution in [2.45, 2.75) is 23.4 Å². The summed E-state index contributed by atoms with van der Waals surface area (Å²) >= 11 is 1.35. The molecule has 0 aliphatic carbocycles. The van der Waals surface area contributed by atoms with Crippen LogP contribution in [0.5, 0.6) is 0 Å². The van der Waals surface area contributed by atoms with E-state index < -0.39 is 0 Å².